The molecule has 1 aliphatic carbocycles. The van der Waals surface area contributed by atoms with Crippen LogP contribution in [0, 0.1) is 41.5 Å². The Labute approximate surface area is 355 Å². The van der Waals surface area contributed by atoms with Gasteiger partial charge in [0.1, 0.15) is 6.10 Å². The molecule has 1 heterocycles. The fourth-order valence-electron chi connectivity index (χ4n) is 8.61. The van der Waals surface area contributed by atoms with E-state index in [1.807, 2.05) is 18.2 Å². The molecule has 0 aromatic heterocycles. The number of allylic oxidation sites excluding steroid dienone is 1. The van der Waals surface area contributed by atoms with Crippen LogP contribution in [-0.4, -0.2) is 23.9 Å². The van der Waals surface area contributed by atoms with Crippen LogP contribution < -0.4 is 9.80 Å². The van der Waals surface area contributed by atoms with Crippen LogP contribution in [0.3, 0.4) is 0 Å². The van der Waals surface area contributed by atoms with Crippen molar-refractivity contribution in [3.63, 3.8) is 0 Å². The number of hydrogen-bond acceptors (Lipinski definition) is 1. The summed E-state index contributed by atoms with van der Waals surface area (Å²) in [6, 6.07) is 45.0. The van der Waals surface area contributed by atoms with E-state index in [0.717, 1.165) is 29.8 Å². The molecule has 0 amide bonds. The van der Waals surface area contributed by atoms with Crippen LogP contribution in [-0.2, 0) is 24.0 Å². The zero-order valence-corrected chi connectivity index (χ0v) is 36.7. The Morgan fingerprint density at radius 3 is 1.64 bits per heavy atom. The van der Waals surface area contributed by atoms with Gasteiger partial charge in [-0.25, -0.2) is 0 Å². The maximum absolute atomic E-state index is 7.90. The summed E-state index contributed by atoms with van der Waals surface area (Å²) < 4.78 is 7.90. The van der Waals surface area contributed by atoms with Crippen molar-refractivity contribution in [1.29, 1.82) is 0 Å². The number of aryl methyl sites for hydroxylation is 6. The molecule has 2 aliphatic rings. The van der Waals surface area contributed by atoms with Gasteiger partial charge in [-0.15, -0.1) is 0 Å². The van der Waals surface area contributed by atoms with Gasteiger partial charge in [-0.1, -0.05) is 156 Å². The summed E-state index contributed by atoms with van der Waals surface area (Å²) in [5, 5.41) is 2.18. The molecule has 8 rings (SSSR count). The Balaban J connectivity index is 0.00000480. The summed E-state index contributed by atoms with van der Waals surface area (Å²) in [4.78, 5) is 5.11. The molecule has 6 aromatic rings. The fraction of sp³-hybridized carbons (Fsp3) is 0.184. The number of anilines is 2. The third kappa shape index (κ3) is 7.52. The van der Waals surface area contributed by atoms with Crippen molar-refractivity contribution in [3.05, 3.63) is 205 Å². The molecule has 0 bridgehead atoms. The van der Waals surface area contributed by atoms with Gasteiger partial charge in [0.05, 0.1) is 17.4 Å². The molecule has 1 aliphatic heterocycles. The van der Waals surface area contributed by atoms with Crippen molar-refractivity contribution < 1.29 is 24.0 Å². The van der Waals surface area contributed by atoms with Crippen molar-refractivity contribution in [1.82, 2.24) is 0 Å². The van der Waals surface area contributed by atoms with Crippen LogP contribution >= 0.6 is 30.6 Å². The average molecular weight is 881 g/mol. The quantitative estimate of drug-likeness (QED) is 0.117. The summed E-state index contributed by atoms with van der Waals surface area (Å²) in [6.07, 6.45) is 1.88. The van der Waals surface area contributed by atoms with E-state index in [4.69, 9.17) is 27.7 Å². The molecule has 0 spiro atoms. The molecule has 2 unspecified atom stereocenters. The van der Waals surface area contributed by atoms with Crippen LogP contribution in [0.15, 0.2) is 133 Å². The van der Waals surface area contributed by atoms with E-state index in [9.17, 15) is 0 Å². The first-order valence-corrected chi connectivity index (χ1v) is 20.9. The molecule has 56 heavy (non-hydrogen) atoms. The molecule has 7 heteroatoms. The Morgan fingerprint density at radius 1 is 0.589 bits per heavy atom. The molecule has 0 saturated carbocycles. The Morgan fingerprint density at radius 2 is 1.09 bits per heavy atom. The third-order valence-corrected chi connectivity index (χ3v) is 13.6. The van der Waals surface area contributed by atoms with Gasteiger partial charge in [0, 0.05) is 35.3 Å². The van der Waals surface area contributed by atoms with E-state index in [1.54, 1.807) is 0 Å². The van der Waals surface area contributed by atoms with Crippen molar-refractivity contribution in [3.8, 4) is 0 Å². The van der Waals surface area contributed by atoms with Crippen molar-refractivity contribution in [2.24, 2.45) is 0 Å². The maximum Gasteiger partial charge on any atom is 2.00 e. The van der Waals surface area contributed by atoms with Gasteiger partial charge in [-0.2, -0.15) is 0 Å². The standard InChI is InChI=1S/C49H45Cl2N2OP.Ru/c1-31-26-33(3)46(34(4)27-31)52-24-25-53(47-35(5)28-32(2)29-36(47)6)49(52)55(44-30-42(37-16-9-7-10-17-37)39-20-13-14-21-40(39)44)54-48(38-18-11-8-12-19-38)41-22-15-23-43(50)45(41)51;/h7-23,26-30,48H,24-25H2,1-6H3;/q;+2. The Hall–Kier alpha value is -4.14. The van der Waals surface area contributed by atoms with E-state index in [1.165, 1.54) is 72.3 Å². The second kappa shape index (κ2) is 16.8. The van der Waals surface area contributed by atoms with E-state index < -0.39 is 13.5 Å². The van der Waals surface area contributed by atoms with E-state index in [2.05, 4.69) is 167 Å². The maximum atomic E-state index is 7.90. The molecular formula is C49H45Cl2N2OPRu+2. The summed E-state index contributed by atoms with van der Waals surface area (Å²) >= 11 is 13.9. The SMILES string of the molecule is Cc1cc(C)c(N2CCN(c3c(C)cc(C)cc3C)C2=P(OC(c2ccccc2)c2cccc(Cl)c2Cl)=C2C=C(c3ccccc3)c3ccccc32)c(C)c1.[Ru+2]. The summed E-state index contributed by atoms with van der Waals surface area (Å²) in [7, 11) is -1.56. The Bertz CT molecular complexity index is 2460. The number of halogens is 2. The van der Waals surface area contributed by atoms with Crippen molar-refractivity contribution in [2.75, 3.05) is 22.9 Å². The predicted octanol–water partition coefficient (Wildman–Crippen LogP) is 13.1. The van der Waals surface area contributed by atoms with E-state index in [-0.39, 0.29) is 19.5 Å². The van der Waals surface area contributed by atoms with Crippen LogP contribution in [0.5, 0.6) is 0 Å². The predicted molar refractivity (Wildman–Crippen MR) is 238 cm³/mol. The summed E-state index contributed by atoms with van der Waals surface area (Å²) in [5.41, 5.74) is 17.8. The molecule has 2 atom stereocenters. The van der Waals surface area contributed by atoms with Crippen molar-refractivity contribution >= 4 is 58.4 Å². The zero-order chi connectivity index (χ0) is 38.4. The van der Waals surface area contributed by atoms with Crippen LogP contribution in [0.4, 0.5) is 11.4 Å². The van der Waals surface area contributed by atoms with Gasteiger partial charge >= 0.3 is 19.5 Å². The van der Waals surface area contributed by atoms with Gasteiger partial charge in [-0.05, 0) is 104 Å². The van der Waals surface area contributed by atoms with E-state index >= 15 is 0 Å². The van der Waals surface area contributed by atoms with Gasteiger partial charge in [0.2, 0.25) is 0 Å². The molecule has 0 N–H and O–H groups in total. The van der Waals surface area contributed by atoms with Crippen LogP contribution in [0.1, 0.15) is 67.3 Å². The van der Waals surface area contributed by atoms with Crippen LogP contribution in [0.2, 0.25) is 10.0 Å². The summed E-state index contributed by atoms with van der Waals surface area (Å²) in [5.74, 6) is 0. The second-order valence-electron chi connectivity index (χ2n) is 14.8. The third-order valence-electron chi connectivity index (χ3n) is 10.7. The molecular weight excluding hydrogens is 836 g/mol. The number of fused-ring (bicyclic) bond motifs is 1. The van der Waals surface area contributed by atoms with E-state index in [0.29, 0.717) is 10.0 Å². The first kappa shape index (κ1) is 40.1. The average Bonchev–Trinajstić information content (AvgIpc) is 3.76. The molecule has 282 valence electrons. The van der Waals surface area contributed by atoms with Crippen molar-refractivity contribution in [2.45, 2.75) is 47.6 Å². The topological polar surface area (TPSA) is 15.7 Å². The Kier molecular flexibility index (Phi) is 12.0. The molecule has 1 fully saturated rings. The monoisotopic (exact) mass is 880 g/mol. The van der Waals surface area contributed by atoms with Gasteiger partial charge in [0.15, 0.2) is 5.54 Å². The zero-order valence-electron chi connectivity index (χ0n) is 32.6. The van der Waals surface area contributed by atoms with Gasteiger partial charge in [0.25, 0.3) is 0 Å². The molecule has 3 nitrogen and oxygen atoms in total. The van der Waals surface area contributed by atoms with Gasteiger partial charge < -0.3 is 14.3 Å². The molecule has 1 saturated heterocycles. The minimum atomic E-state index is -1.56. The largest absolute Gasteiger partial charge is 2.00 e. The number of nitrogens with zero attached hydrogens (tertiary/aromatic N) is 2. The molecule has 6 aromatic carbocycles. The number of rotatable bonds is 7. The smallest absolute Gasteiger partial charge is 0.320 e. The molecule has 0 radical (unpaired) electrons. The number of hydrogen-bond donors (Lipinski definition) is 0. The summed E-state index contributed by atoms with van der Waals surface area (Å²) in [6.45, 7) is 15.0. The first-order valence-electron chi connectivity index (χ1n) is 18.9. The van der Waals surface area contributed by atoms with Gasteiger partial charge in [-0.3, -0.25) is 0 Å². The first-order chi connectivity index (χ1) is 26.6. The number of benzene rings is 6. The second-order valence-corrected chi connectivity index (χ2v) is 17.3. The minimum Gasteiger partial charge on any atom is -0.320 e. The van der Waals surface area contributed by atoms with Crippen LogP contribution in [0.25, 0.3) is 5.57 Å². The fourth-order valence-corrected chi connectivity index (χ4v) is 11.4. The minimum absolute atomic E-state index is 0. The normalized spacial score (nSPS) is 15.1.